The van der Waals surface area contributed by atoms with Crippen molar-refractivity contribution in [1.82, 2.24) is 5.32 Å². The van der Waals surface area contributed by atoms with Crippen LogP contribution < -0.4 is 5.32 Å². The Morgan fingerprint density at radius 2 is 2.07 bits per heavy atom. The molecule has 0 aliphatic heterocycles. The number of hydrogen-bond acceptors (Lipinski definition) is 2. The van der Waals surface area contributed by atoms with E-state index in [4.69, 9.17) is 0 Å². The summed E-state index contributed by atoms with van der Waals surface area (Å²) < 4.78 is 0. The summed E-state index contributed by atoms with van der Waals surface area (Å²) in [5.41, 5.74) is 2.03. The average Bonchev–Trinajstić information content (AvgIpc) is 3.04. The van der Waals surface area contributed by atoms with Gasteiger partial charge in [0.2, 0.25) is 0 Å². The number of carbonyl (C=O) groups excluding carboxylic acids is 1. The van der Waals surface area contributed by atoms with Crippen molar-refractivity contribution in [2.24, 2.45) is 5.92 Å². The Bertz CT molecular complexity index is 369. The van der Waals surface area contributed by atoms with E-state index < -0.39 is 0 Å². The lowest BCUT2D eigenvalue weighted by atomic mass is 9.95. The summed E-state index contributed by atoms with van der Waals surface area (Å²) >= 11 is 0. The maximum Gasteiger partial charge on any atom is 0.160 e. The standard InChI is InChI=1S/C13H17NO/c1-9(15)11-5-3-4-6-12(11)13(14-2)10-7-8-10/h3-6,10,13-14H,7-8H2,1-2H3. The van der Waals surface area contributed by atoms with E-state index in [0.29, 0.717) is 6.04 Å². The number of Topliss-reactive ketones (excluding diaryl/α,β-unsaturated/α-hetero) is 1. The van der Waals surface area contributed by atoms with Crippen molar-refractivity contribution in [3.8, 4) is 0 Å². The summed E-state index contributed by atoms with van der Waals surface area (Å²) in [6, 6.07) is 8.28. The average molecular weight is 203 g/mol. The van der Waals surface area contributed by atoms with E-state index in [2.05, 4.69) is 11.4 Å². The molecule has 0 aromatic heterocycles. The van der Waals surface area contributed by atoms with Crippen LogP contribution >= 0.6 is 0 Å². The summed E-state index contributed by atoms with van der Waals surface area (Å²) in [5.74, 6) is 0.877. The van der Waals surface area contributed by atoms with Crippen LogP contribution in [0.3, 0.4) is 0 Å². The van der Waals surface area contributed by atoms with Gasteiger partial charge in [-0.1, -0.05) is 24.3 Å². The van der Waals surface area contributed by atoms with E-state index in [1.807, 2.05) is 25.2 Å². The van der Waals surface area contributed by atoms with Crippen LogP contribution in [0.25, 0.3) is 0 Å². The Kier molecular flexibility index (Phi) is 2.87. The largest absolute Gasteiger partial charge is 0.313 e. The van der Waals surface area contributed by atoms with Crippen molar-refractivity contribution in [1.29, 1.82) is 0 Å². The molecule has 0 heterocycles. The van der Waals surface area contributed by atoms with Gasteiger partial charge in [-0.2, -0.15) is 0 Å². The molecular formula is C13H17NO. The fourth-order valence-electron chi connectivity index (χ4n) is 2.16. The van der Waals surface area contributed by atoms with Crippen LogP contribution in [0.2, 0.25) is 0 Å². The van der Waals surface area contributed by atoms with Gasteiger partial charge in [0.15, 0.2) is 5.78 Å². The van der Waals surface area contributed by atoms with Crippen molar-refractivity contribution in [2.45, 2.75) is 25.8 Å². The van der Waals surface area contributed by atoms with Crippen molar-refractivity contribution < 1.29 is 4.79 Å². The van der Waals surface area contributed by atoms with Gasteiger partial charge in [0.05, 0.1) is 0 Å². The molecule has 1 aliphatic rings. The highest BCUT2D eigenvalue weighted by atomic mass is 16.1. The third-order valence-corrected chi connectivity index (χ3v) is 3.08. The van der Waals surface area contributed by atoms with Gasteiger partial charge in [0.1, 0.15) is 0 Å². The number of ketones is 1. The van der Waals surface area contributed by atoms with Crippen LogP contribution in [0, 0.1) is 5.92 Å². The Morgan fingerprint density at radius 3 is 2.60 bits per heavy atom. The van der Waals surface area contributed by atoms with E-state index in [-0.39, 0.29) is 5.78 Å². The Balaban J connectivity index is 2.36. The van der Waals surface area contributed by atoms with Gasteiger partial charge >= 0.3 is 0 Å². The van der Waals surface area contributed by atoms with Crippen LogP contribution in [-0.2, 0) is 0 Å². The molecule has 80 valence electrons. The van der Waals surface area contributed by atoms with E-state index in [1.54, 1.807) is 6.92 Å². The van der Waals surface area contributed by atoms with Crippen LogP contribution in [0.5, 0.6) is 0 Å². The molecule has 0 radical (unpaired) electrons. The highest BCUT2D eigenvalue weighted by molar-refractivity contribution is 5.95. The Hall–Kier alpha value is -1.15. The SMILES string of the molecule is CNC(c1ccccc1C(C)=O)C1CC1. The van der Waals surface area contributed by atoms with Gasteiger partial charge in [0, 0.05) is 11.6 Å². The predicted octanol–water partition coefficient (Wildman–Crippen LogP) is 2.56. The molecule has 1 aromatic carbocycles. The predicted molar refractivity (Wildman–Crippen MR) is 61.0 cm³/mol. The zero-order valence-corrected chi connectivity index (χ0v) is 9.29. The molecule has 0 saturated heterocycles. The molecule has 2 heteroatoms. The monoisotopic (exact) mass is 203 g/mol. The summed E-state index contributed by atoms with van der Waals surface area (Å²) in [5, 5.41) is 3.32. The minimum atomic E-state index is 0.159. The number of hydrogen-bond donors (Lipinski definition) is 1. The quantitative estimate of drug-likeness (QED) is 0.762. The van der Waals surface area contributed by atoms with Crippen LogP contribution in [0.1, 0.15) is 41.7 Å². The summed E-state index contributed by atoms with van der Waals surface area (Å²) in [7, 11) is 1.97. The van der Waals surface area contributed by atoms with Crippen LogP contribution in [-0.4, -0.2) is 12.8 Å². The number of benzene rings is 1. The topological polar surface area (TPSA) is 29.1 Å². The maximum atomic E-state index is 11.5. The summed E-state index contributed by atoms with van der Waals surface area (Å²) in [6.45, 7) is 1.64. The Labute approximate surface area is 90.7 Å². The molecule has 1 saturated carbocycles. The fourth-order valence-corrected chi connectivity index (χ4v) is 2.16. The van der Waals surface area contributed by atoms with Gasteiger partial charge in [-0.25, -0.2) is 0 Å². The van der Waals surface area contributed by atoms with E-state index in [1.165, 1.54) is 12.8 Å². The van der Waals surface area contributed by atoms with Gasteiger partial charge in [-0.15, -0.1) is 0 Å². The highest BCUT2D eigenvalue weighted by Crippen LogP contribution is 2.41. The molecule has 0 amide bonds. The molecule has 1 N–H and O–H groups in total. The second-order valence-corrected chi connectivity index (χ2v) is 4.25. The first-order chi connectivity index (χ1) is 7.24. The molecule has 2 nitrogen and oxygen atoms in total. The fraction of sp³-hybridized carbons (Fsp3) is 0.462. The maximum absolute atomic E-state index is 11.5. The molecule has 1 aromatic rings. The van der Waals surface area contributed by atoms with E-state index >= 15 is 0 Å². The molecule has 1 atom stereocenters. The lowest BCUT2D eigenvalue weighted by molar-refractivity contribution is 0.101. The summed E-state index contributed by atoms with van der Waals surface area (Å²) in [4.78, 5) is 11.5. The second kappa shape index (κ2) is 4.15. The zero-order chi connectivity index (χ0) is 10.8. The van der Waals surface area contributed by atoms with Crippen molar-refractivity contribution in [3.63, 3.8) is 0 Å². The summed E-state index contributed by atoms with van der Waals surface area (Å²) in [6.07, 6.45) is 2.55. The molecule has 15 heavy (non-hydrogen) atoms. The molecule has 2 rings (SSSR count). The number of nitrogens with one attached hydrogen (secondary N) is 1. The van der Waals surface area contributed by atoms with Gasteiger partial charge in [-0.3, -0.25) is 4.79 Å². The number of rotatable bonds is 4. The van der Waals surface area contributed by atoms with Crippen molar-refractivity contribution >= 4 is 5.78 Å². The van der Waals surface area contributed by atoms with Crippen LogP contribution in [0.4, 0.5) is 0 Å². The molecular weight excluding hydrogens is 186 g/mol. The first-order valence-corrected chi connectivity index (χ1v) is 5.51. The zero-order valence-electron chi connectivity index (χ0n) is 9.29. The lowest BCUT2D eigenvalue weighted by Gasteiger charge is -2.18. The third kappa shape index (κ3) is 2.10. The van der Waals surface area contributed by atoms with Gasteiger partial charge in [0.25, 0.3) is 0 Å². The first kappa shape index (κ1) is 10.4. The Morgan fingerprint density at radius 1 is 1.40 bits per heavy atom. The molecule has 1 aliphatic carbocycles. The molecule has 1 unspecified atom stereocenters. The van der Waals surface area contributed by atoms with Gasteiger partial charge in [-0.05, 0) is 38.3 Å². The minimum Gasteiger partial charge on any atom is -0.313 e. The van der Waals surface area contributed by atoms with Crippen molar-refractivity contribution in [3.05, 3.63) is 35.4 Å². The van der Waals surface area contributed by atoms with E-state index in [0.717, 1.165) is 17.0 Å². The molecule has 0 bridgehead atoms. The normalized spacial score (nSPS) is 17.5. The third-order valence-electron chi connectivity index (χ3n) is 3.08. The number of carbonyl (C=O) groups is 1. The molecule has 1 fully saturated rings. The molecule has 0 spiro atoms. The van der Waals surface area contributed by atoms with Crippen molar-refractivity contribution in [2.75, 3.05) is 7.05 Å². The lowest BCUT2D eigenvalue weighted by Crippen LogP contribution is -2.20. The second-order valence-electron chi connectivity index (χ2n) is 4.25. The van der Waals surface area contributed by atoms with Crippen LogP contribution in [0.15, 0.2) is 24.3 Å². The highest BCUT2D eigenvalue weighted by Gasteiger charge is 2.32. The first-order valence-electron chi connectivity index (χ1n) is 5.51. The minimum absolute atomic E-state index is 0.159. The smallest absolute Gasteiger partial charge is 0.160 e. The van der Waals surface area contributed by atoms with Gasteiger partial charge < -0.3 is 5.32 Å². The van der Waals surface area contributed by atoms with E-state index in [9.17, 15) is 4.79 Å².